The van der Waals surface area contributed by atoms with Crippen molar-refractivity contribution in [3.63, 3.8) is 0 Å². The summed E-state index contributed by atoms with van der Waals surface area (Å²) in [5.41, 5.74) is 2.27. The summed E-state index contributed by atoms with van der Waals surface area (Å²) in [7, 11) is 7.69. The molecule has 0 saturated carbocycles. The zero-order chi connectivity index (χ0) is 27.0. The van der Waals surface area contributed by atoms with E-state index >= 15 is 0 Å². The molecule has 2 aliphatic rings. The number of ether oxygens (including phenoxy) is 7. The van der Waals surface area contributed by atoms with Crippen LogP contribution in [0.2, 0.25) is 0 Å². The van der Waals surface area contributed by atoms with Gasteiger partial charge in [0.1, 0.15) is 28.7 Å². The van der Waals surface area contributed by atoms with Crippen molar-refractivity contribution >= 4 is 17.8 Å². The molecular formula is C29H26O9. The Morgan fingerprint density at radius 1 is 0.763 bits per heavy atom. The van der Waals surface area contributed by atoms with E-state index in [4.69, 9.17) is 33.2 Å². The van der Waals surface area contributed by atoms with Crippen LogP contribution in [-0.4, -0.2) is 47.3 Å². The molecule has 9 nitrogen and oxygen atoms in total. The Kier molecular flexibility index (Phi) is 6.59. The second-order valence-electron chi connectivity index (χ2n) is 8.58. The molecule has 38 heavy (non-hydrogen) atoms. The van der Waals surface area contributed by atoms with E-state index in [-0.39, 0.29) is 18.0 Å². The molecule has 0 aliphatic carbocycles. The van der Waals surface area contributed by atoms with Crippen LogP contribution in [0.5, 0.6) is 40.2 Å². The summed E-state index contributed by atoms with van der Waals surface area (Å²) in [4.78, 5) is 26.0. The van der Waals surface area contributed by atoms with Crippen molar-refractivity contribution in [1.82, 2.24) is 0 Å². The number of Topliss-reactive ketones (excluding diaryl/α,β-unsaturated/α-hetero) is 1. The number of benzene rings is 3. The van der Waals surface area contributed by atoms with E-state index in [1.165, 1.54) is 21.3 Å². The Balaban J connectivity index is 1.62. The molecule has 0 bridgehead atoms. The third-order valence-corrected chi connectivity index (χ3v) is 6.62. The molecule has 0 unspecified atom stereocenters. The zero-order valence-corrected chi connectivity index (χ0v) is 21.6. The molecule has 196 valence electrons. The summed E-state index contributed by atoms with van der Waals surface area (Å²) in [5, 5.41) is 0. The first-order chi connectivity index (χ1) is 18.4. The Hall–Kier alpha value is -4.66. The molecule has 0 radical (unpaired) electrons. The van der Waals surface area contributed by atoms with Gasteiger partial charge in [-0.3, -0.25) is 9.59 Å². The van der Waals surface area contributed by atoms with Gasteiger partial charge in [0.2, 0.25) is 5.78 Å². The second kappa shape index (κ2) is 10.0. The Morgan fingerprint density at radius 2 is 1.47 bits per heavy atom. The van der Waals surface area contributed by atoms with Crippen molar-refractivity contribution in [2.75, 3.05) is 35.5 Å². The highest BCUT2D eigenvalue weighted by atomic mass is 16.5. The normalized spacial score (nSPS) is 16.8. The summed E-state index contributed by atoms with van der Waals surface area (Å²) >= 11 is 0. The molecule has 0 N–H and O–H groups in total. The Labute approximate surface area is 219 Å². The first-order valence-electron chi connectivity index (χ1n) is 11.8. The minimum atomic E-state index is -0.468. The molecule has 3 aromatic rings. The summed E-state index contributed by atoms with van der Waals surface area (Å²) in [6.07, 6.45) is 1.64. The summed E-state index contributed by atoms with van der Waals surface area (Å²) in [6.45, 7) is 0. The first-order valence-corrected chi connectivity index (χ1v) is 11.8. The average Bonchev–Trinajstić information content (AvgIpc) is 3.26. The molecule has 0 saturated heterocycles. The SMILES string of the molecule is COc1ccc([C@H]2CC(=O)Oc3ccc4c(c32)O/C(=C\c2cc(OC)c(OC)cc2OC)C4=O)c(OC)c1. The highest BCUT2D eigenvalue weighted by Gasteiger charge is 2.39. The van der Waals surface area contributed by atoms with Gasteiger partial charge in [-0.1, -0.05) is 6.07 Å². The van der Waals surface area contributed by atoms with Crippen molar-refractivity contribution in [3.05, 3.63) is 70.5 Å². The van der Waals surface area contributed by atoms with E-state index in [0.717, 1.165) is 5.56 Å². The molecule has 0 spiro atoms. The third kappa shape index (κ3) is 4.15. The van der Waals surface area contributed by atoms with Crippen LogP contribution in [0.4, 0.5) is 0 Å². The maximum absolute atomic E-state index is 13.4. The molecule has 1 atom stereocenters. The lowest BCUT2D eigenvalue weighted by atomic mass is 9.84. The molecule has 3 aromatic carbocycles. The molecule has 5 rings (SSSR count). The zero-order valence-electron chi connectivity index (χ0n) is 21.6. The van der Waals surface area contributed by atoms with Crippen LogP contribution in [-0.2, 0) is 4.79 Å². The fourth-order valence-electron chi connectivity index (χ4n) is 4.78. The molecule has 9 heteroatoms. The van der Waals surface area contributed by atoms with Crippen LogP contribution in [0.25, 0.3) is 6.08 Å². The van der Waals surface area contributed by atoms with Crippen molar-refractivity contribution in [2.24, 2.45) is 0 Å². The van der Waals surface area contributed by atoms with Gasteiger partial charge in [0.05, 0.1) is 47.5 Å². The summed E-state index contributed by atoms with van der Waals surface area (Å²) < 4.78 is 38.9. The molecule has 2 heterocycles. The van der Waals surface area contributed by atoms with Gasteiger partial charge < -0.3 is 33.2 Å². The maximum Gasteiger partial charge on any atom is 0.312 e. The largest absolute Gasteiger partial charge is 0.497 e. The number of ketones is 1. The van der Waals surface area contributed by atoms with Gasteiger partial charge in [-0.15, -0.1) is 0 Å². The topological polar surface area (TPSA) is 98.8 Å². The maximum atomic E-state index is 13.4. The molecule has 0 aromatic heterocycles. The molecule has 0 amide bonds. The van der Waals surface area contributed by atoms with Crippen LogP contribution in [0.1, 0.15) is 39.4 Å². The highest BCUT2D eigenvalue weighted by Crippen LogP contribution is 2.51. The number of allylic oxidation sites excluding steroid dienone is 1. The van der Waals surface area contributed by atoms with Gasteiger partial charge in [0, 0.05) is 34.7 Å². The fourth-order valence-corrected chi connectivity index (χ4v) is 4.78. The van der Waals surface area contributed by atoms with E-state index in [2.05, 4.69) is 0 Å². The van der Waals surface area contributed by atoms with Gasteiger partial charge in [-0.2, -0.15) is 0 Å². The van der Waals surface area contributed by atoms with E-state index in [1.807, 2.05) is 6.07 Å². The molecule has 0 fully saturated rings. The predicted octanol–water partition coefficient (Wildman–Crippen LogP) is 4.79. The average molecular weight is 519 g/mol. The number of rotatable bonds is 7. The summed E-state index contributed by atoms with van der Waals surface area (Å²) in [5.74, 6) is 2.19. The first kappa shape index (κ1) is 25.0. The van der Waals surface area contributed by atoms with Crippen LogP contribution in [0, 0.1) is 0 Å². The van der Waals surface area contributed by atoms with Crippen LogP contribution in [0.15, 0.2) is 48.2 Å². The molecular weight excluding hydrogens is 492 g/mol. The van der Waals surface area contributed by atoms with Crippen molar-refractivity contribution in [1.29, 1.82) is 0 Å². The monoisotopic (exact) mass is 518 g/mol. The van der Waals surface area contributed by atoms with Crippen molar-refractivity contribution < 1.29 is 42.7 Å². The van der Waals surface area contributed by atoms with Gasteiger partial charge in [-0.25, -0.2) is 0 Å². The van der Waals surface area contributed by atoms with Gasteiger partial charge >= 0.3 is 5.97 Å². The number of esters is 1. The van der Waals surface area contributed by atoms with Crippen LogP contribution >= 0.6 is 0 Å². The van der Waals surface area contributed by atoms with Gasteiger partial charge in [0.15, 0.2) is 17.3 Å². The van der Waals surface area contributed by atoms with E-state index in [9.17, 15) is 9.59 Å². The fraction of sp³-hybridized carbons (Fsp3) is 0.241. The predicted molar refractivity (Wildman–Crippen MR) is 137 cm³/mol. The quantitative estimate of drug-likeness (QED) is 0.248. The Morgan fingerprint density at radius 3 is 2.16 bits per heavy atom. The Bertz CT molecular complexity index is 1470. The number of hydrogen-bond donors (Lipinski definition) is 0. The van der Waals surface area contributed by atoms with Gasteiger partial charge in [-0.05, 0) is 30.3 Å². The lowest BCUT2D eigenvalue weighted by Crippen LogP contribution is -2.22. The van der Waals surface area contributed by atoms with Crippen molar-refractivity contribution in [2.45, 2.75) is 12.3 Å². The number of methoxy groups -OCH3 is 5. The van der Waals surface area contributed by atoms with Crippen molar-refractivity contribution in [3.8, 4) is 40.2 Å². The van der Waals surface area contributed by atoms with Crippen LogP contribution in [0.3, 0.4) is 0 Å². The smallest absolute Gasteiger partial charge is 0.312 e. The van der Waals surface area contributed by atoms with E-state index < -0.39 is 11.9 Å². The second-order valence-corrected chi connectivity index (χ2v) is 8.58. The third-order valence-electron chi connectivity index (χ3n) is 6.62. The lowest BCUT2D eigenvalue weighted by molar-refractivity contribution is -0.135. The van der Waals surface area contributed by atoms with Gasteiger partial charge in [0.25, 0.3) is 0 Å². The van der Waals surface area contributed by atoms with E-state index in [0.29, 0.717) is 56.9 Å². The summed E-state index contributed by atoms with van der Waals surface area (Å²) in [6, 6.07) is 12.0. The van der Waals surface area contributed by atoms with E-state index in [1.54, 1.807) is 56.7 Å². The van der Waals surface area contributed by atoms with Crippen LogP contribution < -0.4 is 33.2 Å². The number of fused-ring (bicyclic) bond motifs is 3. The minimum absolute atomic E-state index is 0.0479. The molecule has 2 aliphatic heterocycles. The highest BCUT2D eigenvalue weighted by molar-refractivity contribution is 6.15. The number of carbonyl (C=O) groups is 2. The standard InChI is InChI=1S/C29H26O9/c1-32-16-6-7-17(22(12-16)34-3)19-13-26(30)37-20-9-8-18-28(31)25(38-29(18)27(19)20)11-15-10-23(35-4)24(36-5)14-21(15)33-2/h6-12,14,19H,13H2,1-5H3/b25-11-/t19-/m1/s1. The number of hydrogen-bond acceptors (Lipinski definition) is 9. The minimum Gasteiger partial charge on any atom is -0.497 e. The number of carbonyl (C=O) groups excluding carboxylic acids is 2. The lowest BCUT2D eigenvalue weighted by Gasteiger charge is -2.27.